The summed E-state index contributed by atoms with van der Waals surface area (Å²) < 4.78 is 0. The van der Waals surface area contributed by atoms with E-state index in [0.29, 0.717) is 12.1 Å². The molecule has 2 bridgehead atoms. The van der Waals surface area contributed by atoms with E-state index in [4.69, 9.17) is 0 Å². The summed E-state index contributed by atoms with van der Waals surface area (Å²) >= 11 is 0. The fraction of sp³-hybridized carbons (Fsp3) is 0.346. The van der Waals surface area contributed by atoms with E-state index >= 15 is 0 Å². The minimum absolute atomic E-state index is 0.105. The number of amides is 3. The Balaban J connectivity index is 1.47. The molecule has 5 nitrogen and oxygen atoms in total. The van der Waals surface area contributed by atoms with Gasteiger partial charge in [0.15, 0.2) is 0 Å². The predicted molar refractivity (Wildman–Crippen MR) is 118 cm³/mol. The molecule has 0 aromatic heterocycles. The van der Waals surface area contributed by atoms with Crippen molar-refractivity contribution < 1.29 is 14.4 Å². The maximum atomic E-state index is 13.5. The van der Waals surface area contributed by atoms with Crippen molar-refractivity contribution in [2.75, 3.05) is 5.32 Å². The van der Waals surface area contributed by atoms with Gasteiger partial charge in [-0.25, -0.2) is 0 Å². The Hall–Kier alpha value is -3.21. The van der Waals surface area contributed by atoms with Gasteiger partial charge in [0, 0.05) is 12.1 Å². The summed E-state index contributed by atoms with van der Waals surface area (Å²) in [6, 6.07) is 16.2. The highest BCUT2D eigenvalue weighted by atomic mass is 16.2. The van der Waals surface area contributed by atoms with Gasteiger partial charge in [0.05, 0.1) is 11.8 Å². The molecule has 3 aliphatic carbocycles. The normalized spacial score (nSPS) is 27.3. The summed E-state index contributed by atoms with van der Waals surface area (Å²) in [5, 5.41) is 2.94. The molecule has 0 unspecified atom stereocenters. The summed E-state index contributed by atoms with van der Waals surface area (Å²) in [6.45, 7) is 1.96. The molecule has 158 valence electrons. The summed E-state index contributed by atoms with van der Waals surface area (Å²) in [6.07, 6.45) is 6.38. The molecule has 31 heavy (non-hydrogen) atoms. The number of nitrogens with zero attached hydrogens (tertiary/aromatic N) is 1. The van der Waals surface area contributed by atoms with Gasteiger partial charge in [-0.2, -0.15) is 0 Å². The number of aryl methyl sites for hydroxylation is 1. The van der Waals surface area contributed by atoms with Crippen LogP contribution in [0.5, 0.6) is 0 Å². The van der Waals surface area contributed by atoms with Crippen LogP contribution in [0.2, 0.25) is 0 Å². The molecule has 1 saturated carbocycles. The molecule has 0 spiro atoms. The Labute approximate surface area is 182 Å². The van der Waals surface area contributed by atoms with Crippen LogP contribution in [0.15, 0.2) is 66.7 Å². The van der Waals surface area contributed by atoms with Crippen molar-refractivity contribution in [1.82, 2.24) is 4.90 Å². The average Bonchev–Trinajstić information content (AvgIpc) is 3.06. The van der Waals surface area contributed by atoms with E-state index in [1.807, 2.05) is 61.5 Å². The quantitative estimate of drug-likeness (QED) is 0.599. The first-order chi connectivity index (χ1) is 15.0. The van der Waals surface area contributed by atoms with E-state index in [-0.39, 0.29) is 41.4 Å². The monoisotopic (exact) mass is 414 g/mol. The fourth-order valence-electron chi connectivity index (χ4n) is 5.49. The lowest BCUT2D eigenvalue weighted by Crippen LogP contribution is -2.49. The zero-order chi connectivity index (χ0) is 21.5. The number of carbonyl (C=O) groups is 3. The van der Waals surface area contributed by atoms with Gasteiger partial charge in [-0.05, 0) is 54.9 Å². The molecule has 4 aliphatic rings. The van der Waals surface area contributed by atoms with Crippen molar-refractivity contribution in [2.24, 2.45) is 23.7 Å². The summed E-state index contributed by atoms with van der Waals surface area (Å²) in [5.74, 6) is -1.12. The predicted octanol–water partition coefficient (Wildman–Crippen LogP) is 3.74. The maximum Gasteiger partial charge on any atom is 0.248 e. The number of hydrogen-bond acceptors (Lipinski definition) is 3. The number of fused-ring (bicyclic) bond motifs is 1. The molecule has 1 saturated heterocycles. The largest absolute Gasteiger partial charge is 0.324 e. The molecule has 6 rings (SSSR count). The summed E-state index contributed by atoms with van der Waals surface area (Å²) in [7, 11) is 0. The van der Waals surface area contributed by atoms with Gasteiger partial charge in [-0.3, -0.25) is 19.3 Å². The van der Waals surface area contributed by atoms with E-state index in [9.17, 15) is 14.4 Å². The first-order valence-electron chi connectivity index (χ1n) is 11.0. The highest BCUT2D eigenvalue weighted by Crippen LogP contribution is 2.50. The van der Waals surface area contributed by atoms with Crippen LogP contribution in [-0.4, -0.2) is 28.7 Å². The number of imide groups is 1. The number of carbonyl (C=O) groups excluding carboxylic acids is 3. The SMILES string of the molecule is Cc1cccc(NC(=O)[C@H](Cc2ccccc2)N2C(=O)[C@H]3[C@H](C2=O)[C@H]2C=C[C@H]3CC2)c1. The van der Waals surface area contributed by atoms with Gasteiger partial charge in [0.2, 0.25) is 17.7 Å². The lowest BCUT2D eigenvalue weighted by atomic mass is 9.63. The van der Waals surface area contributed by atoms with E-state index in [2.05, 4.69) is 17.5 Å². The van der Waals surface area contributed by atoms with Gasteiger partial charge in [0.1, 0.15) is 6.04 Å². The van der Waals surface area contributed by atoms with Gasteiger partial charge < -0.3 is 5.32 Å². The third-order valence-electron chi connectivity index (χ3n) is 6.97. The number of hydrogen-bond donors (Lipinski definition) is 1. The molecule has 2 aromatic carbocycles. The van der Waals surface area contributed by atoms with E-state index < -0.39 is 6.04 Å². The van der Waals surface area contributed by atoms with Gasteiger partial charge >= 0.3 is 0 Å². The second-order valence-corrected chi connectivity index (χ2v) is 8.95. The maximum absolute atomic E-state index is 13.5. The van der Waals surface area contributed by atoms with Crippen molar-refractivity contribution in [2.45, 2.75) is 32.2 Å². The van der Waals surface area contributed by atoms with Gasteiger partial charge in [-0.1, -0.05) is 54.6 Å². The van der Waals surface area contributed by atoms with Gasteiger partial charge in [0.25, 0.3) is 0 Å². The van der Waals surface area contributed by atoms with Crippen molar-refractivity contribution >= 4 is 23.4 Å². The minimum Gasteiger partial charge on any atom is -0.324 e. The Morgan fingerprint density at radius 1 is 0.968 bits per heavy atom. The molecule has 1 aliphatic heterocycles. The number of likely N-dealkylation sites (tertiary alicyclic amines) is 1. The topological polar surface area (TPSA) is 66.5 Å². The summed E-state index contributed by atoms with van der Waals surface area (Å²) in [5.41, 5.74) is 2.61. The molecule has 2 fully saturated rings. The molecular weight excluding hydrogens is 388 g/mol. The average molecular weight is 415 g/mol. The molecule has 0 radical (unpaired) electrons. The molecule has 2 aromatic rings. The zero-order valence-corrected chi connectivity index (χ0v) is 17.5. The van der Waals surface area contributed by atoms with Crippen LogP contribution in [-0.2, 0) is 20.8 Å². The molecule has 5 atom stereocenters. The second kappa shape index (κ2) is 7.80. The highest BCUT2D eigenvalue weighted by molar-refractivity contribution is 6.10. The number of anilines is 1. The number of benzene rings is 2. The first kappa shape index (κ1) is 19.7. The van der Waals surface area contributed by atoms with E-state index in [0.717, 1.165) is 24.0 Å². The molecule has 1 heterocycles. The van der Waals surface area contributed by atoms with E-state index in [1.54, 1.807) is 0 Å². The highest BCUT2D eigenvalue weighted by Gasteiger charge is 2.58. The first-order valence-corrected chi connectivity index (χ1v) is 11.0. The molecule has 3 amide bonds. The number of allylic oxidation sites excluding steroid dienone is 2. The minimum atomic E-state index is -0.868. The number of rotatable bonds is 5. The van der Waals surface area contributed by atoms with Crippen molar-refractivity contribution in [3.8, 4) is 0 Å². The smallest absolute Gasteiger partial charge is 0.248 e. The Kier molecular flexibility index (Phi) is 4.97. The van der Waals surface area contributed by atoms with Crippen LogP contribution in [0.3, 0.4) is 0 Å². The molecular formula is C26H26N2O3. The van der Waals surface area contributed by atoms with Crippen LogP contribution in [0.1, 0.15) is 24.0 Å². The van der Waals surface area contributed by atoms with Crippen molar-refractivity contribution in [1.29, 1.82) is 0 Å². The Morgan fingerprint density at radius 3 is 2.19 bits per heavy atom. The third kappa shape index (κ3) is 3.48. The fourth-order valence-corrected chi connectivity index (χ4v) is 5.49. The summed E-state index contributed by atoms with van der Waals surface area (Å²) in [4.78, 5) is 41.6. The van der Waals surface area contributed by atoms with Crippen LogP contribution < -0.4 is 5.32 Å². The lowest BCUT2D eigenvalue weighted by molar-refractivity contribution is -0.146. The van der Waals surface area contributed by atoms with Crippen LogP contribution in [0, 0.1) is 30.6 Å². The van der Waals surface area contributed by atoms with Crippen LogP contribution in [0.4, 0.5) is 5.69 Å². The van der Waals surface area contributed by atoms with Crippen molar-refractivity contribution in [3.63, 3.8) is 0 Å². The Bertz CT molecular complexity index is 1030. The lowest BCUT2D eigenvalue weighted by Gasteiger charge is -2.38. The van der Waals surface area contributed by atoms with Crippen LogP contribution in [0.25, 0.3) is 0 Å². The second-order valence-electron chi connectivity index (χ2n) is 8.95. The third-order valence-corrected chi connectivity index (χ3v) is 6.97. The molecule has 5 heteroatoms. The van der Waals surface area contributed by atoms with E-state index in [1.165, 1.54) is 4.90 Å². The van der Waals surface area contributed by atoms with Crippen molar-refractivity contribution in [3.05, 3.63) is 77.9 Å². The zero-order valence-electron chi connectivity index (χ0n) is 17.5. The molecule has 1 N–H and O–H groups in total. The Morgan fingerprint density at radius 2 is 1.61 bits per heavy atom. The van der Waals surface area contributed by atoms with Crippen LogP contribution >= 0.6 is 0 Å². The van der Waals surface area contributed by atoms with Gasteiger partial charge in [-0.15, -0.1) is 0 Å². The standard InChI is InChI=1S/C26H26N2O3/c1-16-6-5-9-20(14-16)27-24(29)21(15-17-7-3-2-4-8-17)28-25(30)22-18-10-11-19(13-12-18)23(22)26(28)31/h2-11,14,18-19,21-23H,12-13,15H2,1H3,(H,27,29)/t18-,19-,21-,22+,23+/m0/s1. The number of nitrogens with one attached hydrogen (secondary N) is 1.